The van der Waals surface area contributed by atoms with Crippen LogP contribution >= 0.6 is 11.6 Å². The first-order valence-electron chi connectivity index (χ1n) is 7.10. The summed E-state index contributed by atoms with van der Waals surface area (Å²) in [5.74, 6) is 0.568. The van der Waals surface area contributed by atoms with Gasteiger partial charge in [0.25, 0.3) is 0 Å². The number of hydrogen-bond donors (Lipinski definition) is 1. The van der Waals surface area contributed by atoms with Crippen LogP contribution in [0.5, 0.6) is 0 Å². The lowest BCUT2D eigenvalue weighted by atomic mass is 10.1. The highest BCUT2D eigenvalue weighted by atomic mass is 35.5. The van der Waals surface area contributed by atoms with Gasteiger partial charge in [-0.1, -0.05) is 54.1 Å². The maximum atomic E-state index is 11.9. The van der Waals surface area contributed by atoms with Gasteiger partial charge in [0.2, 0.25) is 17.7 Å². The van der Waals surface area contributed by atoms with E-state index in [0.717, 1.165) is 5.56 Å². The summed E-state index contributed by atoms with van der Waals surface area (Å²) in [6.07, 6.45) is 0.312. The minimum atomic E-state index is -0.103. The molecule has 1 N–H and O–H groups in total. The quantitative estimate of drug-likeness (QED) is 0.781. The van der Waals surface area contributed by atoms with Gasteiger partial charge in [-0.05, 0) is 17.7 Å². The first-order valence-corrected chi connectivity index (χ1v) is 7.48. The number of hydrogen-bond acceptors (Lipinski definition) is 4. The van der Waals surface area contributed by atoms with Gasteiger partial charge in [0.05, 0.1) is 23.6 Å². The Hall–Kier alpha value is -2.66. The second-order valence-corrected chi connectivity index (χ2v) is 5.33. The van der Waals surface area contributed by atoms with Crippen LogP contribution in [0.1, 0.15) is 11.5 Å². The SMILES string of the molecule is O=C(Cc1ccccc1)NCc1nnc(-c2ccccc2Cl)o1. The van der Waals surface area contributed by atoms with E-state index in [-0.39, 0.29) is 12.5 Å². The Morgan fingerprint density at radius 1 is 1.04 bits per heavy atom. The molecule has 5 nitrogen and oxygen atoms in total. The first-order chi connectivity index (χ1) is 11.2. The second-order valence-electron chi connectivity index (χ2n) is 4.92. The predicted molar refractivity (Wildman–Crippen MR) is 86.7 cm³/mol. The molecule has 6 heteroatoms. The molecule has 1 heterocycles. The Bertz CT molecular complexity index is 802. The first kappa shape index (κ1) is 15.2. The number of rotatable bonds is 5. The van der Waals surface area contributed by atoms with E-state index in [1.807, 2.05) is 42.5 Å². The van der Waals surface area contributed by atoms with E-state index in [0.29, 0.717) is 28.8 Å². The molecule has 0 atom stereocenters. The van der Waals surface area contributed by atoms with Gasteiger partial charge in [0.15, 0.2) is 0 Å². The summed E-state index contributed by atoms with van der Waals surface area (Å²) in [6, 6.07) is 16.7. The van der Waals surface area contributed by atoms with Crippen molar-refractivity contribution in [3.05, 3.63) is 71.1 Å². The molecular formula is C17H14ClN3O2. The maximum Gasteiger partial charge on any atom is 0.249 e. The number of carbonyl (C=O) groups is 1. The van der Waals surface area contributed by atoms with Crippen LogP contribution in [0.25, 0.3) is 11.5 Å². The van der Waals surface area contributed by atoms with E-state index >= 15 is 0 Å². The number of benzene rings is 2. The van der Waals surface area contributed by atoms with Gasteiger partial charge in [-0.2, -0.15) is 0 Å². The molecule has 0 aliphatic rings. The smallest absolute Gasteiger partial charge is 0.249 e. The van der Waals surface area contributed by atoms with E-state index in [1.165, 1.54) is 0 Å². The average Bonchev–Trinajstić information content (AvgIpc) is 3.03. The molecule has 116 valence electrons. The zero-order valence-corrected chi connectivity index (χ0v) is 13.0. The van der Waals surface area contributed by atoms with Crippen LogP contribution in [0.15, 0.2) is 59.0 Å². The fraction of sp³-hybridized carbons (Fsp3) is 0.118. The molecule has 0 saturated heterocycles. The molecule has 1 aromatic heterocycles. The Labute approximate surface area is 138 Å². The monoisotopic (exact) mass is 327 g/mol. The van der Waals surface area contributed by atoms with Gasteiger partial charge >= 0.3 is 0 Å². The van der Waals surface area contributed by atoms with Crippen molar-refractivity contribution in [2.75, 3.05) is 0 Å². The summed E-state index contributed by atoms with van der Waals surface area (Å²) in [7, 11) is 0. The molecule has 3 rings (SSSR count). The largest absolute Gasteiger partial charge is 0.419 e. The number of amides is 1. The highest BCUT2D eigenvalue weighted by molar-refractivity contribution is 6.33. The fourth-order valence-corrected chi connectivity index (χ4v) is 2.30. The van der Waals surface area contributed by atoms with Gasteiger partial charge < -0.3 is 9.73 Å². The zero-order chi connectivity index (χ0) is 16.1. The molecule has 0 spiro atoms. The van der Waals surface area contributed by atoms with Gasteiger partial charge in [-0.15, -0.1) is 10.2 Å². The van der Waals surface area contributed by atoms with Gasteiger partial charge in [-0.3, -0.25) is 4.79 Å². The molecule has 0 radical (unpaired) electrons. The molecule has 23 heavy (non-hydrogen) atoms. The highest BCUT2D eigenvalue weighted by Gasteiger charge is 2.12. The normalized spacial score (nSPS) is 10.5. The standard InChI is InChI=1S/C17H14ClN3O2/c18-14-9-5-4-8-13(14)17-21-20-16(23-17)11-19-15(22)10-12-6-2-1-3-7-12/h1-9H,10-11H2,(H,19,22). The molecule has 2 aromatic carbocycles. The Morgan fingerprint density at radius 2 is 1.78 bits per heavy atom. The van der Waals surface area contributed by atoms with Crippen molar-refractivity contribution in [2.45, 2.75) is 13.0 Å². The number of carbonyl (C=O) groups excluding carboxylic acids is 1. The van der Waals surface area contributed by atoms with E-state index in [2.05, 4.69) is 15.5 Å². The lowest BCUT2D eigenvalue weighted by molar-refractivity contribution is -0.120. The van der Waals surface area contributed by atoms with Crippen LogP contribution < -0.4 is 5.32 Å². The third-order valence-corrected chi connectivity index (χ3v) is 3.54. The Balaban J connectivity index is 1.59. The van der Waals surface area contributed by atoms with Crippen molar-refractivity contribution >= 4 is 17.5 Å². The van der Waals surface area contributed by atoms with Gasteiger partial charge in [0.1, 0.15) is 0 Å². The summed E-state index contributed by atoms with van der Waals surface area (Å²) >= 11 is 6.09. The van der Waals surface area contributed by atoms with Crippen LogP contribution in [-0.4, -0.2) is 16.1 Å². The lowest BCUT2D eigenvalue weighted by Gasteiger charge is -2.02. The topological polar surface area (TPSA) is 68.0 Å². The van der Waals surface area contributed by atoms with Gasteiger partial charge in [0, 0.05) is 0 Å². The van der Waals surface area contributed by atoms with Gasteiger partial charge in [-0.25, -0.2) is 0 Å². The molecule has 0 aliphatic heterocycles. The molecule has 0 fully saturated rings. The summed E-state index contributed by atoms with van der Waals surface area (Å²) in [4.78, 5) is 11.9. The Morgan fingerprint density at radius 3 is 2.57 bits per heavy atom. The summed E-state index contributed by atoms with van der Waals surface area (Å²) in [5, 5.41) is 11.2. The third-order valence-electron chi connectivity index (χ3n) is 3.22. The third kappa shape index (κ3) is 3.96. The van der Waals surface area contributed by atoms with Crippen LogP contribution in [0.4, 0.5) is 0 Å². The van der Waals surface area contributed by atoms with Crippen molar-refractivity contribution in [3.63, 3.8) is 0 Å². The predicted octanol–water partition coefficient (Wildman–Crippen LogP) is 3.25. The van der Waals surface area contributed by atoms with Crippen LogP contribution in [0.2, 0.25) is 5.02 Å². The maximum absolute atomic E-state index is 11.9. The summed E-state index contributed by atoms with van der Waals surface area (Å²) in [6.45, 7) is 0.184. The van der Waals surface area contributed by atoms with E-state index in [9.17, 15) is 4.79 Å². The van der Waals surface area contributed by atoms with Crippen molar-refractivity contribution in [3.8, 4) is 11.5 Å². The minimum Gasteiger partial charge on any atom is -0.419 e. The molecule has 1 amide bonds. The van der Waals surface area contributed by atoms with E-state index in [4.69, 9.17) is 16.0 Å². The van der Waals surface area contributed by atoms with Crippen LogP contribution in [0.3, 0.4) is 0 Å². The zero-order valence-electron chi connectivity index (χ0n) is 12.2. The Kier molecular flexibility index (Phi) is 4.68. The molecule has 3 aromatic rings. The van der Waals surface area contributed by atoms with Crippen molar-refractivity contribution in [1.82, 2.24) is 15.5 Å². The highest BCUT2D eigenvalue weighted by Crippen LogP contribution is 2.26. The molecule has 0 saturated carbocycles. The average molecular weight is 328 g/mol. The molecule has 0 bridgehead atoms. The summed E-state index contributed by atoms with van der Waals surface area (Å²) < 4.78 is 5.53. The number of aromatic nitrogens is 2. The van der Waals surface area contributed by atoms with Crippen molar-refractivity contribution < 1.29 is 9.21 Å². The molecule has 0 aliphatic carbocycles. The van der Waals surface area contributed by atoms with Crippen molar-refractivity contribution in [2.24, 2.45) is 0 Å². The van der Waals surface area contributed by atoms with Crippen LogP contribution in [0, 0.1) is 0 Å². The van der Waals surface area contributed by atoms with Crippen LogP contribution in [-0.2, 0) is 17.8 Å². The fourth-order valence-electron chi connectivity index (χ4n) is 2.09. The van der Waals surface area contributed by atoms with E-state index < -0.39 is 0 Å². The lowest BCUT2D eigenvalue weighted by Crippen LogP contribution is -2.24. The van der Waals surface area contributed by atoms with E-state index in [1.54, 1.807) is 12.1 Å². The minimum absolute atomic E-state index is 0.103. The molecule has 0 unspecified atom stereocenters. The number of nitrogens with one attached hydrogen (secondary N) is 1. The number of nitrogens with zero attached hydrogens (tertiary/aromatic N) is 2. The van der Waals surface area contributed by atoms with Crippen molar-refractivity contribution in [1.29, 1.82) is 0 Å². The number of halogens is 1. The summed E-state index contributed by atoms with van der Waals surface area (Å²) in [5.41, 5.74) is 1.62. The second kappa shape index (κ2) is 7.07. The molecular weight excluding hydrogens is 314 g/mol.